The molecule has 6 heteroatoms. The van der Waals surface area contributed by atoms with Gasteiger partial charge in [0.15, 0.2) is 0 Å². The van der Waals surface area contributed by atoms with Gasteiger partial charge >= 0.3 is 5.97 Å². The highest BCUT2D eigenvalue weighted by molar-refractivity contribution is 5.84. The molecule has 0 radical (unpaired) electrons. The van der Waals surface area contributed by atoms with Gasteiger partial charge in [-0.25, -0.2) is 4.79 Å². The van der Waals surface area contributed by atoms with Crippen LogP contribution in [0.4, 0.5) is 0 Å². The topological polar surface area (TPSA) is 77.1 Å². The Morgan fingerprint density at radius 1 is 1.53 bits per heavy atom. The molecule has 0 aromatic carbocycles. The Hall–Kier alpha value is -2.11. The van der Waals surface area contributed by atoms with E-state index in [1.807, 2.05) is 13.8 Å². The third-order valence-electron chi connectivity index (χ3n) is 3.40. The first-order valence-electron chi connectivity index (χ1n) is 6.19. The SMILES string of the molecule is CCc1cc(=O)n(C(C)C(=O)O)c2c1c(C)nn2C. The van der Waals surface area contributed by atoms with Crippen molar-refractivity contribution in [1.82, 2.24) is 14.3 Å². The van der Waals surface area contributed by atoms with Gasteiger partial charge in [0.25, 0.3) is 5.56 Å². The van der Waals surface area contributed by atoms with Crippen molar-refractivity contribution in [2.45, 2.75) is 33.2 Å². The van der Waals surface area contributed by atoms with E-state index in [2.05, 4.69) is 5.10 Å². The minimum Gasteiger partial charge on any atom is -0.480 e. The molecule has 0 saturated carbocycles. The molecule has 2 heterocycles. The first-order chi connectivity index (χ1) is 8.88. The van der Waals surface area contributed by atoms with Crippen molar-refractivity contribution in [2.75, 3.05) is 0 Å². The monoisotopic (exact) mass is 263 g/mol. The van der Waals surface area contributed by atoms with Gasteiger partial charge in [-0.2, -0.15) is 5.10 Å². The van der Waals surface area contributed by atoms with E-state index in [4.69, 9.17) is 5.11 Å². The van der Waals surface area contributed by atoms with Gasteiger partial charge in [0.05, 0.1) is 5.69 Å². The number of carboxylic acid groups (broad SMARTS) is 1. The highest BCUT2D eigenvalue weighted by Gasteiger charge is 2.22. The third kappa shape index (κ3) is 1.93. The molecule has 0 aliphatic rings. The first-order valence-corrected chi connectivity index (χ1v) is 6.19. The largest absolute Gasteiger partial charge is 0.480 e. The summed E-state index contributed by atoms with van der Waals surface area (Å²) >= 11 is 0. The maximum atomic E-state index is 12.2. The van der Waals surface area contributed by atoms with Gasteiger partial charge in [0.1, 0.15) is 11.7 Å². The molecule has 0 spiro atoms. The molecule has 0 saturated heterocycles. The number of hydrogen-bond acceptors (Lipinski definition) is 3. The zero-order valence-electron chi connectivity index (χ0n) is 11.5. The zero-order chi connectivity index (χ0) is 14.3. The van der Waals surface area contributed by atoms with E-state index in [0.29, 0.717) is 12.1 Å². The van der Waals surface area contributed by atoms with Crippen molar-refractivity contribution in [3.63, 3.8) is 0 Å². The fraction of sp³-hybridized carbons (Fsp3) is 0.462. The van der Waals surface area contributed by atoms with Crippen LogP contribution < -0.4 is 5.56 Å². The van der Waals surface area contributed by atoms with E-state index in [-0.39, 0.29) is 5.56 Å². The summed E-state index contributed by atoms with van der Waals surface area (Å²) in [5, 5.41) is 14.3. The summed E-state index contributed by atoms with van der Waals surface area (Å²) in [6, 6.07) is 0.590. The molecule has 0 bridgehead atoms. The van der Waals surface area contributed by atoms with Crippen LogP contribution in [0.1, 0.15) is 31.1 Å². The molecule has 0 amide bonds. The number of aromatic nitrogens is 3. The van der Waals surface area contributed by atoms with Crippen LogP contribution in [-0.4, -0.2) is 25.4 Å². The fourth-order valence-corrected chi connectivity index (χ4v) is 2.46. The average Bonchev–Trinajstić information content (AvgIpc) is 2.63. The summed E-state index contributed by atoms with van der Waals surface area (Å²) in [7, 11) is 1.72. The number of aliphatic carboxylic acids is 1. The number of carboxylic acids is 1. The molecule has 0 aliphatic heterocycles. The van der Waals surface area contributed by atoms with Gasteiger partial charge in [0, 0.05) is 18.5 Å². The Morgan fingerprint density at radius 2 is 2.16 bits per heavy atom. The number of nitrogens with zero attached hydrogens (tertiary/aromatic N) is 3. The smallest absolute Gasteiger partial charge is 0.326 e. The van der Waals surface area contributed by atoms with Crippen molar-refractivity contribution in [1.29, 1.82) is 0 Å². The number of hydrogen-bond donors (Lipinski definition) is 1. The van der Waals surface area contributed by atoms with Gasteiger partial charge in [-0.05, 0) is 25.8 Å². The molecule has 2 rings (SSSR count). The summed E-state index contributed by atoms with van der Waals surface area (Å²) in [4.78, 5) is 23.4. The second-order valence-electron chi connectivity index (χ2n) is 4.65. The Morgan fingerprint density at radius 3 is 2.68 bits per heavy atom. The van der Waals surface area contributed by atoms with Crippen LogP contribution in [0.25, 0.3) is 11.0 Å². The van der Waals surface area contributed by atoms with Gasteiger partial charge in [-0.1, -0.05) is 6.92 Å². The van der Waals surface area contributed by atoms with Crippen LogP contribution in [0, 0.1) is 6.92 Å². The fourth-order valence-electron chi connectivity index (χ4n) is 2.46. The van der Waals surface area contributed by atoms with Crippen LogP contribution in [0.5, 0.6) is 0 Å². The Balaban J connectivity index is 2.96. The quantitative estimate of drug-likeness (QED) is 0.904. The van der Waals surface area contributed by atoms with E-state index in [9.17, 15) is 9.59 Å². The summed E-state index contributed by atoms with van der Waals surface area (Å²) in [6.07, 6.45) is 0.709. The van der Waals surface area contributed by atoms with E-state index in [1.165, 1.54) is 17.6 Å². The van der Waals surface area contributed by atoms with Crippen molar-refractivity contribution in [3.8, 4) is 0 Å². The predicted octanol–water partition coefficient (Wildman–Crippen LogP) is 1.25. The van der Waals surface area contributed by atoms with E-state index in [0.717, 1.165) is 16.6 Å². The van der Waals surface area contributed by atoms with Gasteiger partial charge in [-0.3, -0.25) is 14.0 Å². The maximum Gasteiger partial charge on any atom is 0.326 e. The molecule has 19 heavy (non-hydrogen) atoms. The molecular formula is C13H17N3O3. The molecule has 2 aromatic rings. The lowest BCUT2D eigenvalue weighted by Crippen LogP contribution is -2.29. The summed E-state index contributed by atoms with van der Waals surface area (Å²) in [5.41, 5.74) is 1.97. The molecule has 102 valence electrons. The highest BCUT2D eigenvalue weighted by atomic mass is 16.4. The second-order valence-corrected chi connectivity index (χ2v) is 4.65. The lowest BCUT2D eigenvalue weighted by atomic mass is 10.1. The van der Waals surface area contributed by atoms with Crippen LogP contribution >= 0.6 is 0 Å². The van der Waals surface area contributed by atoms with E-state index in [1.54, 1.807) is 11.7 Å². The number of fused-ring (bicyclic) bond motifs is 1. The van der Waals surface area contributed by atoms with Gasteiger partial charge < -0.3 is 5.11 Å². The molecule has 0 aliphatic carbocycles. The molecule has 0 fully saturated rings. The summed E-state index contributed by atoms with van der Waals surface area (Å²) in [5.74, 6) is -1.04. The average molecular weight is 263 g/mol. The molecule has 2 aromatic heterocycles. The standard InChI is InChI=1S/C13H17N3O3/c1-5-9-6-10(17)16(8(3)13(18)19)12-11(9)7(2)14-15(12)4/h6,8H,5H2,1-4H3,(H,18,19). The Labute approximate surface area is 110 Å². The predicted molar refractivity (Wildman–Crippen MR) is 71.4 cm³/mol. The lowest BCUT2D eigenvalue weighted by Gasteiger charge is -2.14. The molecule has 1 atom stereocenters. The molecule has 1 N–H and O–H groups in total. The normalized spacial score (nSPS) is 12.8. The lowest BCUT2D eigenvalue weighted by molar-refractivity contribution is -0.140. The van der Waals surface area contributed by atoms with Crippen LogP contribution in [-0.2, 0) is 18.3 Å². The molecular weight excluding hydrogens is 246 g/mol. The number of aryl methyl sites for hydroxylation is 3. The second kappa shape index (κ2) is 4.53. The van der Waals surface area contributed by atoms with Crippen molar-refractivity contribution in [3.05, 3.63) is 27.7 Å². The van der Waals surface area contributed by atoms with Gasteiger partial charge in [-0.15, -0.1) is 0 Å². The number of carbonyl (C=O) groups is 1. The maximum absolute atomic E-state index is 12.2. The third-order valence-corrected chi connectivity index (χ3v) is 3.40. The van der Waals surface area contributed by atoms with Crippen LogP contribution in [0.15, 0.2) is 10.9 Å². The number of rotatable bonds is 3. The van der Waals surface area contributed by atoms with Crippen LogP contribution in [0.3, 0.4) is 0 Å². The zero-order valence-corrected chi connectivity index (χ0v) is 11.5. The van der Waals surface area contributed by atoms with Gasteiger partial charge in [0.2, 0.25) is 0 Å². The molecule has 6 nitrogen and oxygen atoms in total. The Kier molecular flexibility index (Phi) is 3.18. The summed E-state index contributed by atoms with van der Waals surface area (Å²) in [6.45, 7) is 5.32. The van der Waals surface area contributed by atoms with Crippen LogP contribution in [0.2, 0.25) is 0 Å². The summed E-state index contributed by atoms with van der Waals surface area (Å²) < 4.78 is 2.86. The Bertz CT molecular complexity index is 712. The van der Waals surface area contributed by atoms with E-state index < -0.39 is 12.0 Å². The minimum absolute atomic E-state index is 0.303. The minimum atomic E-state index is -1.04. The van der Waals surface area contributed by atoms with Crippen molar-refractivity contribution >= 4 is 17.0 Å². The highest BCUT2D eigenvalue weighted by Crippen LogP contribution is 2.23. The van der Waals surface area contributed by atoms with Crippen molar-refractivity contribution < 1.29 is 9.90 Å². The first kappa shape index (κ1) is 13.3. The van der Waals surface area contributed by atoms with E-state index >= 15 is 0 Å². The molecule has 1 unspecified atom stereocenters. The number of pyridine rings is 1. The van der Waals surface area contributed by atoms with Crippen molar-refractivity contribution in [2.24, 2.45) is 7.05 Å².